The third-order valence-electron chi connectivity index (χ3n) is 1.63. The summed E-state index contributed by atoms with van der Waals surface area (Å²) in [6.45, 7) is 0.717. The highest BCUT2D eigenvalue weighted by Gasteiger charge is 2.01. The Morgan fingerprint density at radius 2 is 2.46 bits per heavy atom. The van der Waals surface area contributed by atoms with Gasteiger partial charge in [0.05, 0.1) is 0 Å². The van der Waals surface area contributed by atoms with Crippen molar-refractivity contribution in [1.29, 1.82) is 0 Å². The standard InChI is InChI=1S/C7H9N5O/c8-7-3-6(13-11-7)1-2-12-5-9-4-10-12/h3-5H,1-2H2,(H2,8,11). The molecular formula is C7H9N5O. The SMILES string of the molecule is Nc1cc(CCn2cncn2)on1. The van der Waals surface area contributed by atoms with Crippen LogP contribution in [0.2, 0.25) is 0 Å². The van der Waals surface area contributed by atoms with Gasteiger partial charge in [0.2, 0.25) is 0 Å². The third kappa shape index (κ3) is 1.84. The van der Waals surface area contributed by atoms with Gasteiger partial charge in [-0.25, -0.2) is 4.98 Å². The predicted octanol–water partition coefficient (Wildman–Crippen LogP) is 0.0910. The molecule has 6 nitrogen and oxygen atoms in total. The summed E-state index contributed by atoms with van der Waals surface area (Å²) in [6.07, 6.45) is 3.86. The van der Waals surface area contributed by atoms with Gasteiger partial charge in [0, 0.05) is 19.0 Å². The molecule has 2 heterocycles. The lowest BCUT2D eigenvalue weighted by Gasteiger charge is -1.95. The molecule has 0 saturated carbocycles. The summed E-state index contributed by atoms with van der Waals surface area (Å²) in [4.78, 5) is 3.82. The third-order valence-corrected chi connectivity index (χ3v) is 1.63. The zero-order chi connectivity index (χ0) is 9.10. The first kappa shape index (κ1) is 7.78. The molecule has 2 N–H and O–H groups in total. The average Bonchev–Trinajstić information content (AvgIpc) is 2.71. The fourth-order valence-corrected chi connectivity index (χ4v) is 1.02. The smallest absolute Gasteiger partial charge is 0.167 e. The van der Waals surface area contributed by atoms with Crippen LogP contribution in [0.4, 0.5) is 5.82 Å². The van der Waals surface area contributed by atoms with E-state index in [-0.39, 0.29) is 0 Å². The second-order valence-electron chi connectivity index (χ2n) is 2.63. The molecule has 0 saturated heterocycles. The molecule has 2 rings (SSSR count). The van der Waals surface area contributed by atoms with Crippen LogP contribution in [0, 0.1) is 0 Å². The minimum absolute atomic E-state index is 0.411. The van der Waals surface area contributed by atoms with Crippen LogP contribution >= 0.6 is 0 Å². The molecule has 6 heteroatoms. The minimum Gasteiger partial charge on any atom is -0.381 e. The zero-order valence-corrected chi connectivity index (χ0v) is 6.92. The van der Waals surface area contributed by atoms with Gasteiger partial charge in [-0.1, -0.05) is 5.16 Å². The molecule has 0 amide bonds. The van der Waals surface area contributed by atoms with E-state index in [0.717, 1.165) is 5.76 Å². The Morgan fingerprint density at radius 1 is 1.54 bits per heavy atom. The van der Waals surface area contributed by atoms with Crippen molar-refractivity contribution in [3.8, 4) is 0 Å². The lowest BCUT2D eigenvalue weighted by molar-refractivity contribution is 0.376. The van der Waals surface area contributed by atoms with E-state index in [2.05, 4.69) is 15.2 Å². The van der Waals surface area contributed by atoms with E-state index < -0.39 is 0 Å². The van der Waals surface area contributed by atoms with Crippen LogP contribution in [0.5, 0.6) is 0 Å². The number of nitrogens with two attached hydrogens (primary N) is 1. The van der Waals surface area contributed by atoms with E-state index in [4.69, 9.17) is 10.3 Å². The van der Waals surface area contributed by atoms with Crippen molar-refractivity contribution >= 4 is 5.82 Å². The summed E-state index contributed by atoms with van der Waals surface area (Å²) < 4.78 is 6.65. The van der Waals surface area contributed by atoms with Gasteiger partial charge in [-0.05, 0) is 0 Å². The average molecular weight is 179 g/mol. The molecule has 0 unspecified atom stereocenters. The Hall–Kier alpha value is -1.85. The molecule has 0 aliphatic carbocycles. The topological polar surface area (TPSA) is 82.8 Å². The summed E-state index contributed by atoms with van der Waals surface area (Å²) in [6, 6.07) is 1.71. The van der Waals surface area contributed by atoms with E-state index in [1.807, 2.05) is 0 Å². The Bertz CT molecular complexity index is 366. The summed E-state index contributed by atoms with van der Waals surface area (Å²) in [7, 11) is 0. The van der Waals surface area contributed by atoms with Crippen LogP contribution in [0.1, 0.15) is 5.76 Å². The number of aryl methyl sites for hydroxylation is 2. The number of aromatic nitrogens is 4. The van der Waals surface area contributed by atoms with Crippen molar-refractivity contribution in [2.24, 2.45) is 0 Å². The first-order valence-electron chi connectivity index (χ1n) is 3.88. The van der Waals surface area contributed by atoms with Gasteiger partial charge >= 0.3 is 0 Å². The maximum atomic E-state index is 5.39. The molecule has 2 aromatic heterocycles. The number of anilines is 1. The largest absolute Gasteiger partial charge is 0.381 e. The molecule has 0 atom stereocenters. The molecule has 0 aromatic carbocycles. The molecular weight excluding hydrogens is 170 g/mol. The molecule has 68 valence electrons. The highest BCUT2D eigenvalue weighted by molar-refractivity contribution is 5.26. The Morgan fingerprint density at radius 3 is 3.08 bits per heavy atom. The second kappa shape index (κ2) is 3.26. The predicted molar refractivity (Wildman–Crippen MR) is 44.6 cm³/mol. The molecule has 0 fully saturated rings. The van der Waals surface area contributed by atoms with Gasteiger partial charge in [-0.2, -0.15) is 5.10 Å². The number of hydrogen-bond donors (Lipinski definition) is 1. The monoisotopic (exact) mass is 179 g/mol. The van der Waals surface area contributed by atoms with Gasteiger partial charge in [-0.15, -0.1) is 0 Å². The van der Waals surface area contributed by atoms with E-state index >= 15 is 0 Å². The maximum Gasteiger partial charge on any atom is 0.167 e. The normalized spacial score (nSPS) is 10.5. The van der Waals surface area contributed by atoms with Crippen LogP contribution in [-0.4, -0.2) is 19.9 Å². The first-order valence-corrected chi connectivity index (χ1v) is 3.88. The van der Waals surface area contributed by atoms with Crippen molar-refractivity contribution in [2.75, 3.05) is 5.73 Å². The Balaban J connectivity index is 1.93. The lowest BCUT2D eigenvalue weighted by Crippen LogP contribution is -2.00. The number of nitrogen functional groups attached to an aromatic ring is 1. The van der Waals surface area contributed by atoms with Crippen LogP contribution in [-0.2, 0) is 13.0 Å². The van der Waals surface area contributed by atoms with Crippen molar-refractivity contribution in [3.63, 3.8) is 0 Å². The van der Waals surface area contributed by atoms with Crippen molar-refractivity contribution in [2.45, 2.75) is 13.0 Å². The fraction of sp³-hybridized carbons (Fsp3) is 0.286. The van der Waals surface area contributed by atoms with Crippen molar-refractivity contribution in [3.05, 3.63) is 24.5 Å². The summed E-state index contributed by atoms with van der Waals surface area (Å²) in [5, 5.41) is 7.52. The molecule has 0 aliphatic heterocycles. The molecule has 13 heavy (non-hydrogen) atoms. The maximum absolute atomic E-state index is 5.39. The van der Waals surface area contributed by atoms with Gasteiger partial charge in [0.25, 0.3) is 0 Å². The molecule has 2 aromatic rings. The number of nitrogens with zero attached hydrogens (tertiary/aromatic N) is 4. The lowest BCUT2D eigenvalue weighted by atomic mass is 10.3. The van der Waals surface area contributed by atoms with Crippen LogP contribution in [0.3, 0.4) is 0 Å². The summed E-state index contributed by atoms with van der Waals surface area (Å²) in [5.74, 6) is 1.17. The van der Waals surface area contributed by atoms with Gasteiger partial charge in [0.1, 0.15) is 18.4 Å². The van der Waals surface area contributed by atoms with E-state index in [0.29, 0.717) is 18.8 Å². The van der Waals surface area contributed by atoms with E-state index in [1.165, 1.54) is 6.33 Å². The molecule has 0 aliphatic rings. The Kier molecular flexibility index (Phi) is 1.95. The molecule has 0 spiro atoms. The Labute approximate surface area is 74.4 Å². The summed E-state index contributed by atoms with van der Waals surface area (Å²) in [5.41, 5.74) is 5.39. The second-order valence-corrected chi connectivity index (χ2v) is 2.63. The highest BCUT2D eigenvalue weighted by atomic mass is 16.5. The molecule has 0 bridgehead atoms. The summed E-state index contributed by atoms with van der Waals surface area (Å²) >= 11 is 0. The van der Waals surface area contributed by atoms with Crippen molar-refractivity contribution < 1.29 is 4.52 Å². The van der Waals surface area contributed by atoms with Crippen LogP contribution in [0.15, 0.2) is 23.2 Å². The van der Waals surface area contributed by atoms with Gasteiger partial charge < -0.3 is 10.3 Å². The zero-order valence-electron chi connectivity index (χ0n) is 6.92. The van der Waals surface area contributed by atoms with Gasteiger partial charge in [0.15, 0.2) is 5.82 Å². The number of hydrogen-bond acceptors (Lipinski definition) is 5. The highest BCUT2D eigenvalue weighted by Crippen LogP contribution is 2.05. The quantitative estimate of drug-likeness (QED) is 0.722. The fourth-order valence-electron chi connectivity index (χ4n) is 1.02. The number of rotatable bonds is 3. The van der Waals surface area contributed by atoms with E-state index in [9.17, 15) is 0 Å². The van der Waals surface area contributed by atoms with Crippen LogP contribution in [0.25, 0.3) is 0 Å². The van der Waals surface area contributed by atoms with Gasteiger partial charge in [-0.3, -0.25) is 4.68 Å². The molecule has 0 radical (unpaired) electrons. The van der Waals surface area contributed by atoms with Crippen molar-refractivity contribution in [1.82, 2.24) is 19.9 Å². The minimum atomic E-state index is 0.411. The first-order chi connectivity index (χ1) is 6.34. The van der Waals surface area contributed by atoms with E-state index in [1.54, 1.807) is 17.1 Å². The van der Waals surface area contributed by atoms with Crippen LogP contribution < -0.4 is 5.73 Å².